The number of aryl methyl sites for hydroxylation is 1. The van der Waals surface area contributed by atoms with Gasteiger partial charge in [-0.2, -0.15) is 0 Å². The van der Waals surface area contributed by atoms with E-state index in [1.54, 1.807) is 24.3 Å². The first-order valence-corrected chi connectivity index (χ1v) is 8.96. The molecule has 0 unspecified atom stereocenters. The number of aliphatic carboxylic acids is 1. The molecule has 1 saturated heterocycles. The number of hydrogen-bond acceptors (Lipinski definition) is 5. The fourth-order valence-electron chi connectivity index (χ4n) is 2.45. The summed E-state index contributed by atoms with van der Waals surface area (Å²) in [6, 6.07) is 14.5. The number of nitrogens with zero attached hydrogens (tertiary/aromatic N) is 1. The smallest absolute Gasteiger partial charge is 0.341 e. The summed E-state index contributed by atoms with van der Waals surface area (Å²) >= 11 is 6.60. The predicted molar refractivity (Wildman–Crippen MR) is 106 cm³/mol. The van der Waals surface area contributed by atoms with E-state index in [1.807, 2.05) is 37.3 Å². The van der Waals surface area contributed by atoms with Gasteiger partial charge in [-0.15, -0.1) is 0 Å². The van der Waals surface area contributed by atoms with Crippen molar-refractivity contribution >= 4 is 51.9 Å². The van der Waals surface area contributed by atoms with Gasteiger partial charge >= 0.3 is 5.97 Å². The van der Waals surface area contributed by atoms with E-state index in [0.29, 0.717) is 15.0 Å². The highest BCUT2D eigenvalue weighted by molar-refractivity contribution is 8.27. The average Bonchev–Trinajstić information content (AvgIpc) is 2.87. The Balaban J connectivity index is 1.84. The lowest BCUT2D eigenvalue weighted by molar-refractivity contribution is -0.139. The minimum absolute atomic E-state index is 0.178. The molecule has 2 aromatic carbocycles. The topological polar surface area (TPSA) is 66.8 Å². The summed E-state index contributed by atoms with van der Waals surface area (Å²) < 4.78 is 5.64. The van der Waals surface area contributed by atoms with Crippen molar-refractivity contribution in [1.82, 2.24) is 0 Å². The maximum atomic E-state index is 12.8. The molecule has 0 spiro atoms. The van der Waals surface area contributed by atoms with Crippen LogP contribution in [0.4, 0.5) is 5.69 Å². The monoisotopic (exact) mass is 385 g/mol. The fraction of sp³-hybridized carbons (Fsp3) is 0.105. The molecule has 1 N–H and O–H groups in total. The van der Waals surface area contributed by atoms with Crippen LogP contribution in [0.25, 0.3) is 6.08 Å². The number of benzene rings is 2. The van der Waals surface area contributed by atoms with Crippen LogP contribution in [0.1, 0.15) is 11.1 Å². The lowest BCUT2D eigenvalue weighted by atomic mass is 10.2. The summed E-state index contributed by atoms with van der Waals surface area (Å²) in [5.41, 5.74) is 2.52. The third-order valence-electron chi connectivity index (χ3n) is 3.57. The number of anilines is 1. The average molecular weight is 385 g/mol. The number of amides is 1. The summed E-state index contributed by atoms with van der Waals surface area (Å²) in [5, 5.41) is 8.69. The van der Waals surface area contributed by atoms with Crippen molar-refractivity contribution in [2.75, 3.05) is 11.5 Å². The first kappa shape index (κ1) is 18.2. The van der Waals surface area contributed by atoms with Gasteiger partial charge in [0.15, 0.2) is 10.9 Å². The fourth-order valence-corrected chi connectivity index (χ4v) is 3.75. The molecule has 0 aliphatic carbocycles. The maximum absolute atomic E-state index is 12.8. The number of thioether (sulfide) groups is 1. The van der Waals surface area contributed by atoms with Crippen LogP contribution in [-0.4, -0.2) is 27.9 Å². The molecule has 0 atom stereocenters. The second-order valence-corrected chi connectivity index (χ2v) is 7.29. The van der Waals surface area contributed by atoms with Crippen LogP contribution in [0, 0.1) is 6.92 Å². The van der Waals surface area contributed by atoms with Crippen LogP contribution in [0.2, 0.25) is 0 Å². The Labute approximate surface area is 160 Å². The molecule has 0 radical (unpaired) electrons. The van der Waals surface area contributed by atoms with Gasteiger partial charge in [-0.1, -0.05) is 48.2 Å². The highest BCUT2D eigenvalue weighted by Gasteiger charge is 2.33. The normalized spacial score (nSPS) is 15.6. The van der Waals surface area contributed by atoms with Gasteiger partial charge in [-0.05, 0) is 48.4 Å². The molecule has 0 bridgehead atoms. The van der Waals surface area contributed by atoms with Gasteiger partial charge in [0.05, 0.1) is 10.6 Å². The van der Waals surface area contributed by atoms with E-state index in [2.05, 4.69) is 0 Å². The van der Waals surface area contributed by atoms with Crippen LogP contribution in [0.3, 0.4) is 0 Å². The molecule has 3 rings (SSSR count). The SMILES string of the molecule is Cc1cccc(N2C(=O)/C(=C\c3cccc(OCC(=O)O)c3)SC2=S)c1. The molecule has 7 heteroatoms. The van der Waals surface area contributed by atoms with Crippen molar-refractivity contribution in [3.63, 3.8) is 0 Å². The molecule has 0 aromatic heterocycles. The Morgan fingerprint density at radius 3 is 2.77 bits per heavy atom. The van der Waals surface area contributed by atoms with Crippen molar-refractivity contribution in [3.05, 3.63) is 64.6 Å². The Hall–Kier alpha value is -2.64. The van der Waals surface area contributed by atoms with Gasteiger partial charge in [-0.25, -0.2) is 4.79 Å². The van der Waals surface area contributed by atoms with Gasteiger partial charge in [0, 0.05) is 0 Å². The van der Waals surface area contributed by atoms with Crippen molar-refractivity contribution in [2.45, 2.75) is 6.92 Å². The van der Waals surface area contributed by atoms with Gasteiger partial charge in [0.25, 0.3) is 5.91 Å². The van der Waals surface area contributed by atoms with Crippen LogP contribution in [-0.2, 0) is 9.59 Å². The van der Waals surface area contributed by atoms with E-state index in [-0.39, 0.29) is 5.91 Å². The molecule has 1 fully saturated rings. The number of carboxylic acids is 1. The van der Waals surface area contributed by atoms with E-state index in [1.165, 1.54) is 16.7 Å². The molecule has 1 heterocycles. The number of carboxylic acid groups (broad SMARTS) is 1. The molecule has 1 aliphatic rings. The lowest BCUT2D eigenvalue weighted by Crippen LogP contribution is -2.27. The first-order chi connectivity index (χ1) is 12.4. The first-order valence-electron chi connectivity index (χ1n) is 7.73. The second-order valence-electron chi connectivity index (χ2n) is 5.61. The summed E-state index contributed by atoms with van der Waals surface area (Å²) in [5.74, 6) is -0.799. The van der Waals surface area contributed by atoms with E-state index in [4.69, 9.17) is 22.1 Å². The van der Waals surface area contributed by atoms with E-state index in [9.17, 15) is 9.59 Å². The number of hydrogen-bond donors (Lipinski definition) is 1. The largest absolute Gasteiger partial charge is 0.482 e. The zero-order valence-corrected chi connectivity index (χ0v) is 15.5. The number of ether oxygens (including phenoxy) is 1. The maximum Gasteiger partial charge on any atom is 0.341 e. The lowest BCUT2D eigenvalue weighted by Gasteiger charge is -2.14. The number of rotatable bonds is 5. The summed E-state index contributed by atoms with van der Waals surface area (Å²) in [7, 11) is 0. The molecule has 26 heavy (non-hydrogen) atoms. The summed E-state index contributed by atoms with van der Waals surface area (Å²) in [6.45, 7) is 1.54. The molecule has 0 saturated carbocycles. The van der Waals surface area contributed by atoms with Crippen LogP contribution in [0.15, 0.2) is 53.4 Å². The number of carbonyl (C=O) groups is 2. The van der Waals surface area contributed by atoms with E-state index in [0.717, 1.165) is 16.8 Å². The zero-order chi connectivity index (χ0) is 18.7. The van der Waals surface area contributed by atoms with Crippen molar-refractivity contribution in [3.8, 4) is 5.75 Å². The Morgan fingerprint density at radius 2 is 2.04 bits per heavy atom. The highest BCUT2D eigenvalue weighted by atomic mass is 32.2. The van der Waals surface area contributed by atoms with Crippen molar-refractivity contribution < 1.29 is 19.4 Å². The van der Waals surface area contributed by atoms with Gasteiger partial charge in [-0.3, -0.25) is 9.69 Å². The van der Waals surface area contributed by atoms with Crippen LogP contribution >= 0.6 is 24.0 Å². The quantitative estimate of drug-likeness (QED) is 0.623. The second kappa shape index (κ2) is 7.72. The third-order valence-corrected chi connectivity index (χ3v) is 4.87. The standard InChI is InChI=1S/C19H15NO4S2/c1-12-4-2-6-14(8-12)20-18(23)16(26-19(20)25)10-13-5-3-7-15(9-13)24-11-17(21)22/h2-10H,11H2,1H3,(H,21,22)/b16-10+. The minimum atomic E-state index is -1.05. The Kier molecular flexibility index (Phi) is 5.39. The molecular formula is C19H15NO4S2. The Morgan fingerprint density at radius 1 is 1.27 bits per heavy atom. The van der Waals surface area contributed by atoms with Gasteiger partial charge < -0.3 is 9.84 Å². The highest BCUT2D eigenvalue weighted by Crippen LogP contribution is 2.36. The molecule has 2 aromatic rings. The van der Waals surface area contributed by atoms with Crippen molar-refractivity contribution in [1.29, 1.82) is 0 Å². The van der Waals surface area contributed by atoms with Gasteiger partial charge in [0.2, 0.25) is 0 Å². The molecule has 1 amide bonds. The number of carbonyl (C=O) groups excluding carboxylic acids is 1. The third kappa shape index (κ3) is 4.12. The Bertz CT molecular complexity index is 923. The zero-order valence-electron chi connectivity index (χ0n) is 13.8. The van der Waals surface area contributed by atoms with Crippen LogP contribution < -0.4 is 9.64 Å². The molecule has 132 valence electrons. The van der Waals surface area contributed by atoms with E-state index >= 15 is 0 Å². The van der Waals surface area contributed by atoms with E-state index < -0.39 is 12.6 Å². The summed E-state index contributed by atoms with van der Waals surface area (Å²) in [6.07, 6.45) is 1.72. The van der Waals surface area contributed by atoms with Gasteiger partial charge in [0.1, 0.15) is 5.75 Å². The van der Waals surface area contributed by atoms with Crippen LogP contribution in [0.5, 0.6) is 5.75 Å². The molecule has 5 nitrogen and oxygen atoms in total. The molecular weight excluding hydrogens is 370 g/mol. The molecule has 1 aliphatic heterocycles. The minimum Gasteiger partial charge on any atom is -0.482 e. The number of thiocarbonyl (C=S) groups is 1. The van der Waals surface area contributed by atoms with Crippen molar-refractivity contribution in [2.24, 2.45) is 0 Å². The predicted octanol–water partition coefficient (Wildman–Crippen LogP) is 3.86. The summed E-state index contributed by atoms with van der Waals surface area (Å²) in [4.78, 5) is 25.4.